The van der Waals surface area contributed by atoms with Crippen LogP contribution in [0.15, 0.2) is 11.6 Å². The first-order valence-electron chi connectivity index (χ1n) is 11.7. The van der Waals surface area contributed by atoms with E-state index in [9.17, 15) is 19.5 Å². The summed E-state index contributed by atoms with van der Waals surface area (Å²) in [5, 5.41) is 9.83. The molecule has 0 aromatic heterocycles. The summed E-state index contributed by atoms with van der Waals surface area (Å²) < 4.78 is 5.99. The largest absolute Gasteiger partial charge is 0.450 e. The molecular weight excluding hydrogens is 380 g/mol. The quantitative estimate of drug-likeness (QED) is 0.553. The number of rotatable bonds is 4. The average molecular weight is 417 g/mol. The minimum Gasteiger partial charge on any atom is -0.450 e. The van der Waals surface area contributed by atoms with Crippen LogP contribution in [0.25, 0.3) is 0 Å². The number of ether oxygens (including phenoxy) is 1. The van der Waals surface area contributed by atoms with Gasteiger partial charge in [0.05, 0.1) is 0 Å². The first-order chi connectivity index (χ1) is 14.1. The van der Waals surface area contributed by atoms with E-state index in [-0.39, 0.29) is 35.4 Å². The van der Waals surface area contributed by atoms with Crippen LogP contribution in [-0.4, -0.2) is 34.9 Å². The smallest absolute Gasteiger partial charge is 0.306 e. The second kappa shape index (κ2) is 7.29. The van der Waals surface area contributed by atoms with E-state index < -0.39 is 17.6 Å². The molecule has 0 radical (unpaired) electrons. The Kier molecular flexibility index (Phi) is 5.28. The number of ketones is 2. The van der Waals surface area contributed by atoms with E-state index in [0.29, 0.717) is 36.9 Å². The summed E-state index contributed by atoms with van der Waals surface area (Å²) in [6.07, 6.45) is 8.37. The van der Waals surface area contributed by atoms with E-state index in [4.69, 9.17) is 4.74 Å². The SMILES string of the molecule is CCC(=O)O[C@@]1(C(=O)CO)[C@@H](C)C[C@H]2[C@@H]3CC[C@@H]4CC(=O)CC[C@]4(C)C3=CC[C@@]21C. The first-order valence-corrected chi connectivity index (χ1v) is 11.7. The van der Waals surface area contributed by atoms with Gasteiger partial charge < -0.3 is 9.84 Å². The molecule has 4 aliphatic carbocycles. The van der Waals surface area contributed by atoms with Crippen molar-refractivity contribution in [2.45, 2.75) is 84.7 Å². The van der Waals surface area contributed by atoms with E-state index in [0.717, 1.165) is 25.7 Å². The van der Waals surface area contributed by atoms with Crippen LogP contribution in [0.1, 0.15) is 79.1 Å². The Morgan fingerprint density at radius 2 is 2.00 bits per heavy atom. The van der Waals surface area contributed by atoms with Crippen LogP contribution in [0, 0.1) is 34.5 Å². The van der Waals surface area contributed by atoms with Gasteiger partial charge in [-0.05, 0) is 55.3 Å². The second-order valence-electron chi connectivity index (χ2n) is 10.7. The summed E-state index contributed by atoms with van der Waals surface area (Å²) in [7, 11) is 0. The van der Waals surface area contributed by atoms with Crippen molar-refractivity contribution >= 4 is 17.5 Å². The summed E-state index contributed by atoms with van der Waals surface area (Å²) >= 11 is 0. The summed E-state index contributed by atoms with van der Waals surface area (Å²) in [5.74, 6) is 0.548. The predicted molar refractivity (Wildman–Crippen MR) is 112 cm³/mol. The highest BCUT2D eigenvalue weighted by atomic mass is 16.6. The topological polar surface area (TPSA) is 80.7 Å². The lowest BCUT2D eigenvalue weighted by Crippen LogP contribution is -2.60. The Labute approximate surface area is 179 Å². The molecule has 5 heteroatoms. The monoisotopic (exact) mass is 416 g/mol. The van der Waals surface area contributed by atoms with Crippen LogP contribution in [0.3, 0.4) is 0 Å². The highest BCUT2D eigenvalue weighted by Gasteiger charge is 2.70. The fourth-order valence-electron chi connectivity index (χ4n) is 7.88. The van der Waals surface area contributed by atoms with Gasteiger partial charge in [0.15, 0.2) is 5.60 Å². The molecule has 3 saturated carbocycles. The molecular formula is C25H36O5. The maximum atomic E-state index is 13.2. The Balaban J connectivity index is 1.77. The van der Waals surface area contributed by atoms with Gasteiger partial charge in [0.2, 0.25) is 5.78 Å². The molecule has 0 bridgehead atoms. The van der Waals surface area contributed by atoms with Crippen LogP contribution in [-0.2, 0) is 19.1 Å². The number of fused-ring (bicyclic) bond motifs is 5. The lowest BCUT2D eigenvalue weighted by Gasteiger charge is -2.57. The van der Waals surface area contributed by atoms with Gasteiger partial charge in [0.1, 0.15) is 12.4 Å². The number of hydrogen-bond donors (Lipinski definition) is 1. The van der Waals surface area contributed by atoms with Crippen molar-refractivity contribution in [2.24, 2.45) is 34.5 Å². The van der Waals surface area contributed by atoms with Gasteiger partial charge in [-0.1, -0.05) is 39.3 Å². The normalized spacial score (nSPS) is 45.1. The molecule has 7 atom stereocenters. The summed E-state index contributed by atoms with van der Waals surface area (Å²) in [6.45, 7) is 7.58. The van der Waals surface area contributed by atoms with Crippen molar-refractivity contribution in [1.29, 1.82) is 0 Å². The van der Waals surface area contributed by atoms with Gasteiger partial charge in [-0.3, -0.25) is 14.4 Å². The third-order valence-corrected chi connectivity index (χ3v) is 9.50. The molecule has 4 aliphatic rings. The number of aliphatic hydroxyl groups excluding tert-OH is 1. The van der Waals surface area contributed by atoms with Crippen LogP contribution in [0.2, 0.25) is 0 Å². The minimum absolute atomic E-state index is 0.0632. The van der Waals surface area contributed by atoms with Gasteiger partial charge in [0, 0.05) is 30.6 Å². The van der Waals surface area contributed by atoms with Crippen LogP contribution in [0.5, 0.6) is 0 Å². The lowest BCUT2D eigenvalue weighted by atomic mass is 9.48. The molecule has 4 rings (SSSR count). The fourth-order valence-corrected chi connectivity index (χ4v) is 7.88. The van der Waals surface area contributed by atoms with Crippen LogP contribution < -0.4 is 0 Å². The van der Waals surface area contributed by atoms with Crippen molar-refractivity contribution in [2.75, 3.05) is 6.61 Å². The molecule has 5 nitrogen and oxygen atoms in total. The second-order valence-corrected chi connectivity index (χ2v) is 10.7. The minimum atomic E-state index is -1.26. The molecule has 0 amide bonds. The highest BCUT2D eigenvalue weighted by molar-refractivity contribution is 5.92. The number of allylic oxidation sites excluding steroid dienone is 2. The molecule has 166 valence electrons. The number of Topliss-reactive ketones (excluding diaryl/α,β-unsaturated/α-hetero) is 2. The van der Waals surface area contributed by atoms with E-state index in [1.54, 1.807) is 6.92 Å². The fraction of sp³-hybridized carbons (Fsp3) is 0.800. The van der Waals surface area contributed by atoms with Crippen molar-refractivity contribution < 1.29 is 24.2 Å². The first kappa shape index (κ1) is 21.7. The van der Waals surface area contributed by atoms with Gasteiger partial charge in [-0.25, -0.2) is 0 Å². The average Bonchev–Trinajstić information content (AvgIpc) is 2.95. The number of esters is 1. The molecule has 0 unspecified atom stereocenters. The van der Waals surface area contributed by atoms with E-state index >= 15 is 0 Å². The molecule has 0 aromatic rings. The van der Waals surface area contributed by atoms with Gasteiger partial charge in [-0.2, -0.15) is 0 Å². The third-order valence-electron chi connectivity index (χ3n) is 9.50. The molecule has 1 N–H and O–H groups in total. The molecule has 0 saturated heterocycles. The maximum absolute atomic E-state index is 13.2. The van der Waals surface area contributed by atoms with Gasteiger partial charge in [-0.15, -0.1) is 0 Å². The van der Waals surface area contributed by atoms with E-state index in [1.807, 2.05) is 6.92 Å². The molecule has 0 aliphatic heterocycles. The Morgan fingerprint density at radius 1 is 1.27 bits per heavy atom. The summed E-state index contributed by atoms with van der Waals surface area (Å²) in [4.78, 5) is 37.7. The lowest BCUT2D eigenvalue weighted by molar-refractivity contribution is -0.190. The molecule has 3 fully saturated rings. The summed E-state index contributed by atoms with van der Waals surface area (Å²) in [6, 6.07) is 0. The Morgan fingerprint density at radius 3 is 2.67 bits per heavy atom. The van der Waals surface area contributed by atoms with Crippen molar-refractivity contribution in [1.82, 2.24) is 0 Å². The molecule has 0 aromatic carbocycles. The zero-order valence-electron chi connectivity index (χ0n) is 18.8. The van der Waals surface area contributed by atoms with Crippen molar-refractivity contribution in [3.05, 3.63) is 11.6 Å². The molecule has 0 heterocycles. The van der Waals surface area contributed by atoms with Crippen LogP contribution in [0.4, 0.5) is 0 Å². The van der Waals surface area contributed by atoms with Crippen LogP contribution >= 0.6 is 0 Å². The zero-order chi connectivity index (χ0) is 21.9. The number of carbonyl (C=O) groups is 3. The van der Waals surface area contributed by atoms with E-state index in [2.05, 4.69) is 19.9 Å². The van der Waals surface area contributed by atoms with Gasteiger partial charge in [0.25, 0.3) is 0 Å². The predicted octanol–water partition coefficient (Wildman–Crippen LogP) is 4.02. The third kappa shape index (κ3) is 2.73. The number of carbonyl (C=O) groups excluding carboxylic acids is 3. The van der Waals surface area contributed by atoms with Crippen molar-refractivity contribution in [3.8, 4) is 0 Å². The molecule has 30 heavy (non-hydrogen) atoms. The number of aliphatic hydroxyl groups is 1. The number of hydrogen-bond acceptors (Lipinski definition) is 5. The Bertz CT molecular complexity index is 799. The Hall–Kier alpha value is -1.49. The molecule has 0 spiro atoms. The zero-order valence-corrected chi connectivity index (χ0v) is 18.8. The van der Waals surface area contributed by atoms with Crippen molar-refractivity contribution in [3.63, 3.8) is 0 Å². The maximum Gasteiger partial charge on any atom is 0.306 e. The van der Waals surface area contributed by atoms with Gasteiger partial charge >= 0.3 is 5.97 Å². The standard InChI is InChI=1S/C25H36O5/c1-5-22(29)30-25(21(28)14-26)15(2)12-20-18-7-6-16-13-17(27)8-10-23(16,3)19(18)9-11-24(20,25)4/h9,15-16,18,20,26H,5-8,10-14H2,1-4H3/t15-,16+,18+,20-,23-,24-,25+/m0/s1. The van der Waals surface area contributed by atoms with E-state index in [1.165, 1.54) is 5.57 Å². The summed E-state index contributed by atoms with van der Waals surface area (Å²) in [5.41, 5.74) is -0.232. The highest BCUT2D eigenvalue weighted by Crippen LogP contribution is 2.68.